The van der Waals surface area contributed by atoms with Gasteiger partial charge in [0.2, 0.25) is 0 Å². The summed E-state index contributed by atoms with van der Waals surface area (Å²) < 4.78 is 3.72. The van der Waals surface area contributed by atoms with Crippen LogP contribution in [0, 0.1) is 0 Å². The fourth-order valence-corrected chi connectivity index (χ4v) is 8.90. The SMILES string of the molecule is C1=C(c2ccccn2)C(c2ccccn2)Cc2sc3ccc(-n4c5ccccc5c5cc(-c6ccccc6-c6ccccn6)ccc54)cc3c21. The average Bonchev–Trinajstić information content (AvgIpc) is 3.72. The Kier molecular flexibility index (Phi) is 6.78. The Morgan fingerprint density at radius 2 is 1.28 bits per heavy atom. The predicted octanol–water partition coefficient (Wildman–Crippen LogP) is 11.4. The van der Waals surface area contributed by atoms with Crippen LogP contribution in [0.3, 0.4) is 0 Å². The van der Waals surface area contributed by atoms with Gasteiger partial charge in [-0.2, -0.15) is 0 Å². The third kappa shape index (κ3) is 4.70. The maximum absolute atomic E-state index is 4.79. The lowest BCUT2D eigenvalue weighted by atomic mass is 9.82. The summed E-state index contributed by atoms with van der Waals surface area (Å²) in [6, 6.07) is 49.6. The Balaban J connectivity index is 1.14. The minimum Gasteiger partial charge on any atom is -0.309 e. The molecule has 5 heterocycles. The van der Waals surface area contributed by atoms with Crippen LogP contribution in [0.5, 0.6) is 0 Å². The molecule has 4 aromatic carbocycles. The number of pyridine rings is 3. The zero-order chi connectivity index (χ0) is 33.0. The lowest BCUT2D eigenvalue weighted by molar-refractivity contribution is 0.819. The average molecular weight is 659 g/mol. The molecule has 0 N–H and O–H groups in total. The zero-order valence-corrected chi connectivity index (χ0v) is 27.9. The molecule has 0 aliphatic heterocycles. The van der Waals surface area contributed by atoms with Gasteiger partial charge in [-0.05, 0) is 108 Å². The van der Waals surface area contributed by atoms with Crippen molar-refractivity contribution in [3.8, 4) is 28.1 Å². The van der Waals surface area contributed by atoms with Gasteiger partial charge in [-0.3, -0.25) is 15.0 Å². The Morgan fingerprint density at radius 3 is 2.08 bits per heavy atom. The highest BCUT2D eigenvalue weighted by atomic mass is 32.1. The number of allylic oxidation sites excluding steroid dienone is 1. The molecular formula is C45H30N4S. The number of nitrogens with zero attached hydrogens (tertiary/aromatic N) is 4. The van der Waals surface area contributed by atoms with Gasteiger partial charge in [0, 0.05) is 67.2 Å². The molecule has 9 aromatic rings. The number of hydrogen-bond donors (Lipinski definition) is 0. The molecule has 10 rings (SSSR count). The predicted molar refractivity (Wildman–Crippen MR) is 208 cm³/mol. The van der Waals surface area contributed by atoms with E-state index >= 15 is 0 Å². The van der Waals surface area contributed by atoms with Crippen molar-refractivity contribution in [3.05, 3.63) is 180 Å². The molecule has 0 amide bonds. The molecule has 0 saturated heterocycles. The fourth-order valence-electron chi connectivity index (χ4n) is 7.69. The topological polar surface area (TPSA) is 43.6 Å². The van der Waals surface area contributed by atoms with Crippen molar-refractivity contribution in [2.45, 2.75) is 12.3 Å². The van der Waals surface area contributed by atoms with Crippen molar-refractivity contribution in [1.82, 2.24) is 19.5 Å². The second-order valence-electron chi connectivity index (χ2n) is 12.8. The molecule has 1 unspecified atom stereocenters. The Morgan fingerprint density at radius 1 is 0.560 bits per heavy atom. The van der Waals surface area contributed by atoms with Gasteiger partial charge in [-0.25, -0.2) is 0 Å². The summed E-state index contributed by atoms with van der Waals surface area (Å²) in [5, 5.41) is 3.75. The Hall–Kier alpha value is -6.17. The van der Waals surface area contributed by atoms with E-state index in [4.69, 9.17) is 9.97 Å². The first-order valence-electron chi connectivity index (χ1n) is 16.9. The van der Waals surface area contributed by atoms with Crippen LogP contribution in [0.15, 0.2) is 158 Å². The van der Waals surface area contributed by atoms with Gasteiger partial charge in [-0.1, -0.05) is 66.7 Å². The summed E-state index contributed by atoms with van der Waals surface area (Å²) in [5.74, 6) is 0.153. The number of fused-ring (bicyclic) bond motifs is 6. The van der Waals surface area contributed by atoms with E-state index in [0.29, 0.717) is 0 Å². The van der Waals surface area contributed by atoms with Gasteiger partial charge in [0.05, 0.1) is 22.4 Å². The number of thiophene rings is 1. The summed E-state index contributed by atoms with van der Waals surface area (Å²) in [5.41, 5.74) is 12.6. The largest absolute Gasteiger partial charge is 0.309 e. The van der Waals surface area contributed by atoms with Crippen molar-refractivity contribution in [2.24, 2.45) is 0 Å². The van der Waals surface area contributed by atoms with Crippen molar-refractivity contribution in [2.75, 3.05) is 0 Å². The molecule has 1 aliphatic carbocycles. The first-order chi connectivity index (χ1) is 24.8. The molecular weight excluding hydrogens is 629 g/mol. The smallest absolute Gasteiger partial charge is 0.0708 e. The molecule has 1 aliphatic rings. The highest BCUT2D eigenvalue weighted by Crippen LogP contribution is 2.46. The molecule has 0 bridgehead atoms. The van der Waals surface area contributed by atoms with Crippen molar-refractivity contribution >= 4 is 54.9 Å². The highest BCUT2D eigenvalue weighted by Gasteiger charge is 2.28. The number of aromatic nitrogens is 4. The van der Waals surface area contributed by atoms with Crippen LogP contribution in [-0.2, 0) is 6.42 Å². The molecule has 1 atom stereocenters. The maximum atomic E-state index is 4.79. The van der Waals surface area contributed by atoms with E-state index in [0.717, 1.165) is 34.8 Å². The minimum atomic E-state index is 0.153. The third-order valence-electron chi connectivity index (χ3n) is 9.97. The standard InChI is InChI=1S/C45H30N4S/c1-2-12-32(39-14-5-8-22-46-39)31(11-1)29-18-20-43-36(25-29)33-13-3-4-17-42(33)49(43)30-19-21-44-37(26-30)38-27-34(40-15-6-9-23-47-40)35(28-45(38)50-44)41-16-7-10-24-48-41/h1-27,35H,28H2. The van der Waals surface area contributed by atoms with E-state index in [9.17, 15) is 0 Å². The molecule has 5 aromatic heterocycles. The molecule has 0 spiro atoms. The van der Waals surface area contributed by atoms with Gasteiger partial charge in [-0.15, -0.1) is 11.3 Å². The number of benzene rings is 4. The maximum Gasteiger partial charge on any atom is 0.0708 e. The normalized spacial score (nSPS) is 14.2. The quantitative estimate of drug-likeness (QED) is 0.185. The molecule has 0 radical (unpaired) electrons. The van der Waals surface area contributed by atoms with Crippen LogP contribution in [0.2, 0.25) is 0 Å². The lowest BCUT2D eigenvalue weighted by Gasteiger charge is -2.24. The fraction of sp³-hybridized carbons (Fsp3) is 0.0444. The van der Waals surface area contributed by atoms with Crippen molar-refractivity contribution in [1.29, 1.82) is 0 Å². The van der Waals surface area contributed by atoms with Gasteiger partial charge in [0.25, 0.3) is 0 Å². The van der Waals surface area contributed by atoms with Gasteiger partial charge < -0.3 is 4.57 Å². The van der Waals surface area contributed by atoms with Gasteiger partial charge in [0.1, 0.15) is 0 Å². The highest BCUT2D eigenvalue weighted by molar-refractivity contribution is 7.19. The summed E-state index contributed by atoms with van der Waals surface area (Å²) >= 11 is 1.90. The van der Waals surface area contributed by atoms with E-state index in [-0.39, 0.29) is 5.92 Å². The second-order valence-corrected chi connectivity index (χ2v) is 13.9. The Bertz CT molecular complexity index is 2730. The molecule has 236 valence electrons. The number of para-hydroxylation sites is 1. The molecule has 0 fully saturated rings. The zero-order valence-electron chi connectivity index (χ0n) is 27.1. The van der Waals surface area contributed by atoms with Gasteiger partial charge in [0.15, 0.2) is 0 Å². The van der Waals surface area contributed by atoms with Crippen LogP contribution < -0.4 is 0 Å². The van der Waals surface area contributed by atoms with E-state index < -0.39 is 0 Å². The van der Waals surface area contributed by atoms with Crippen molar-refractivity contribution < 1.29 is 0 Å². The number of hydrogen-bond acceptors (Lipinski definition) is 4. The van der Waals surface area contributed by atoms with E-state index in [1.165, 1.54) is 59.0 Å². The summed E-state index contributed by atoms with van der Waals surface area (Å²) in [4.78, 5) is 15.6. The monoisotopic (exact) mass is 658 g/mol. The molecule has 50 heavy (non-hydrogen) atoms. The van der Waals surface area contributed by atoms with Crippen LogP contribution in [0.4, 0.5) is 0 Å². The van der Waals surface area contributed by atoms with Crippen LogP contribution >= 0.6 is 11.3 Å². The summed E-state index contributed by atoms with van der Waals surface area (Å²) in [7, 11) is 0. The number of rotatable bonds is 5. The lowest BCUT2D eigenvalue weighted by Crippen LogP contribution is -2.12. The van der Waals surface area contributed by atoms with Crippen molar-refractivity contribution in [3.63, 3.8) is 0 Å². The first-order valence-corrected chi connectivity index (χ1v) is 17.8. The van der Waals surface area contributed by atoms with Gasteiger partial charge >= 0.3 is 0 Å². The van der Waals surface area contributed by atoms with E-state index in [2.05, 4.69) is 131 Å². The summed E-state index contributed by atoms with van der Waals surface area (Å²) in [6.45, 7) is 0. The second kappa shape index (κ2) is 11.8. The van der Waals surface area contributed by atoms with Crippen LogP contribution in [0.25, 0.3) is 71.6 Å². The van der Waals surface area contributed by atoms with E-state index in [1.54, 1.807) is 0 Å². The Labute approximate surface area is 293 Å². The molecule has 5 heteroatoms. The van der Waals surface area contributed by atoms with Crippen LogP contribution in [-0.4, -0.2) is 19.5 Å². The third-order valence-corrected chi connectivity index (χ3v) is 11.2. The summed E-state index contributed by atoms with van der Waals surface area (Å²) in [6.07, 6.45) is 8.92. The first kappa shape index (κ1) is 28.8. The molecule has 0 saturated carbocycles. The molecule has 4 nitrogen and oxygen atoms in total. The minimum absolute atomic E-state index is 0.153. The van der Waals surface area contributed by atoms with E-state index in [1.807, 2.05) is 54.2 Å². The van der Waals surface area contributed by atoms with Crippen LogP contribution in [0.1, 0.15) is 27.7 Å².